The van der Waals surface area contributed by atoms with Gasteiger partial charge in [-0.15, -0.1) is 0 Å². The maximum Gasteiger partial charge on any atom is 0.222 e. The average molecular weight is 311 g/mol. The number of hydrogen-bond donors (Lipinski definition) is 1. The van der Waals surface area contributed by atoms with E-state index in [2.05, 4.69) is 20.3 Å². The SMILES string of the molecule is CCC(=O)N1CCC[C@@H](c2cnc(Nc3ccccn3)cn2)C1. The van der Waals surface area contributed by atoms with Crippen molar-refractivity contribution in [1.29, 1.82) is 0 Å². The lowest BCUT2D eigenvalue weighted by molar-refractivity contribution is -0.132. The van der Waals surface area contributed by atoms with Crippen LogP contribution in [0.3, 0.4) is 0 Å². The fraction of sp³-hybridized carbons (Fsp3) is 0.412. The second kappa shape index (κ2) is 7.17. The molecule has 2 aromatic rings. The van der Waals surface area contributed by atoms with Crippen LogP contribution in [0, 0.1) is 0 Å². The van der Waals surface area contributed by atoms with Gasteiger partial charge in [0, 0.05) is 31.6 Å². The highest BCUT2D eigenvalue weighted by molar-refractivity contribution is 5.76. The summed E-state index contributed by atoms with van der Waals surface area (Å²) in [7, 11) is 0. The van der Waals surface area contributed by atoms with Crippen molar-refractivity contribution in [3.05, 3.63) is 42.5 Å². The predicted molar refractivity (Wildman–Crippen MR) is 88.4 cm³/mol. The third kappa shape index (κ3) is 3.83. The van der Waals surface area contributed by atoms with Crippen LogP contribution in [-0.4, -0.2) is 38.8 Å². The predicted octanol–water partition coefficient (Wildman–Crippen LogP) is 2.73. The molecule has 1 aliphatic rings. The molecule has 0 saturated carbocycles. The molecule has 1 amide bonds. The zero-order valence-electron chi connectivity index (χ0n) is 13.3. The summed E-state index contributed by atoms with van der Waals surface area (Å²) in [6.07, 6.45) is 7.89. The molecule has 0 unspecified atom stereocenters. The number of nitrogens with zero attached hydrogens (tertiary/aromatic N) is 4. The first-order valence-corrected chi connectivity index (χ1v) is 8.04. The molecule has 2 aromatic heterocycles. The Morgan fingerprint density at radius 2 is 2.17 bits per heavy atom. The maximum absolute atomic E-state index is 11.9. The fourth-order valence-corrected chi connectivity index (χ4v) is 2.85. The molecule has 6 nitrogen and oxygen atoms in total. The zero-order chi connectivity index (χ0) is 16.1. The highest BCUT2D eigenvalue weighted by Gasteiger charge is 2.24. The minimum atomic E-state index is 0.219. The first kappa shape index (κ1) is 15.4. The molecule has 3 heterocycles. The number of likely N-dealkylation sites (tertiary alicyclic amines) is 1. The molecule has 1 N–H and O–H groups in total. The van der Waals surface area contributed by atoms with Gasteiger partial charge in [0.1, 0.15) is 11.6 Å². The lowest BCUT2D eigenvalue weighted by atomic mass is 9.95. The number of pyridine rings is 1. The van der Waals surface area contributed by atoms with Crippen LogP contribution in [0.2, 0.25) is 0 Å². The Morgan fingerprint density at radius 3 is 2.87 bits per heavy atom. The highest BCUT2D eigenvalue weighted by atomic mass is 16.2. The van der Waals surface area contributed by atoms with Crippen molar-refractivity contribution in [2.45, 2.75) is 32.1 Å². The van der Waals surface area contributed by atoms with Crippen molar-refractivity contribution in [2.75, 3.05) is 18.4 Å². The summed E-state index contributed by atoms with van der Waals surface area (Å²) in [5, 5.41) is 3.12. The molecule has 1 atom stereocenters. The Morgan fingerprint density at radius 1 is 1.26 bits per heavy atom. The van der Waals surface area contributed by atoms with E-state index in [1.807, 2.05) is 30.0 Å². The van der Waals surface area contributed by atoms with E-state index < -0.39 is 0 Å². The van der Waals surface area contributed by atoms with Gasteiger partial charge in [-0.1, -0.05) is 13.0 Å². The van der Waals surface area contributed by atoms with Gasteiger partial charge in [0.25, 0.3) is 0 Å². The summed E-state index contributed by atoms with van der Waals surface area (Å²) in [5.41, 5.74) is 0.949. The molecule has 6 heteroatoms. The highest BCUT2D eigenvalue weighted by Crippen LogP contribution is 2.26. The lowest BCUT2D eigenvalue weighted by Gasteiger charge is -2.32. The minimum absolute atomic E-state index is 0.219. The number of anilines is 2. The Hall–Kier alpha value is -2.50. The van der Waals surface area contributed by atoms with Crippen molar-refractivity contribution in [2.24, 2.45) is 0 Å². The first-order chi connectivity index (χ1) is 11.3. The molecule has 0 aliphatic carbocycles. The molecular formula is C17H21N5O. The minimum Gasteiger partial charge on any atom is -0.342 e. The number of rotatable bonds is 4. The normalized spacial score (nSPS) is 17.8. The molecule has 1 saturated heterocycles. The number of carbonyl (C=O) groups excluding carboxylic acids is 1. The van der Waals surface area contributed by atoms with Gasteiger partial charge in [-0.05, 0) is 25.0 Å². The monoisotopic (exact) mass is 311 g/mol. The molecule has 0 bridgehead atoms. The van der Waals surface area contributed by atoms with Crippen LogP contribution in [0.15, 0.2) is 36.8 Å². The summed E-state index contributed by atoms with van der Waals surface area (Å²) >= 11 is 0. The van der Waals surface area contributed by atoms with Gasteiger partial charge in [0.2, 0.25) is 5.91 Å². The smallest absolute Gasteiger partial charge is 0.222 e. The summed E-state index contributed by atoms with van der Waals surface area (Å²) in [5.74, 6) is 1.91. The number of piperidine rings is 1. The van der Waals surface area contributed by atoms with Crippen LogP contribution in [-0.2, 0) is 4.79 Å². The van der Waals surface area contributed by atoms with E-state index in [-0.39, 0.29) is 11.8 Å². The molecule has 120 valence electrons. The van der Waals surface area contributed by atoms with E-state index >= 15 is 0 Å². The van der Waals surface area contributed by atoms with Crippen molar-refractivity contribution in [1.82, 2.24) is 19.9 Å². The van der Waals surface area contributed by atoms with Crippen molar-refractivity contribution in [3.8, 4) is 0 Å². The van der Waals surface area contributed by atoms with Crippen molar-refractivity contribution >= 4 is 17.5 Å². The number of carbonyl (C=O) groups is 1. The molecule has 0 radical (unpaired) electrons. The maximum atomic E-state index is 11.9. The second-order valence-electron chi connectivity index (χ2n) is 5.70. The Balaban J connectivity index is 1.66. The van der Waals surface area contributed by atoms with E-state index in [0.29, 0.717) is 12.2 Å². The van der Waals surface area contributed by atoms with Crippen molar-refractivity contribution < 1.29 is 4.79 Å². The zero-order valence-corrected chi connectivity index (χ0v) is 13.3. The van der Waals surface area contributed by atoms with Gasteiger partial charge in [-0.3, -0.25) is 9.78 Å². The average Bonchev–Trinajstić information content (AvgIpc) is 2.62. The van der Waals surface area contributed by atoms with E-state index in [4.69, 9.17) is 0 Å². The molecular weight excluding hydrogens is 290 g/mol. The van der Waals surface area contributed by atoms with E-state index in [9.17, 15) is 4.79 Å². The second-order valence-corrected chi connectivity index (χ2v) is 5.70. The van der Waals surface area contributed by atoms with E-state index in [1.54, 1.807) is 18.6 Å². The van der Waals surface area contributed by atoms with Gasteiger partial charge >= 0.3 is 0 Å². The van der Waals surface area contributed by atoms with Crippen LogP contribution in [0.25, 0.3) is 0 Å². The molecule has 0 aromatic carbocycles. The summed E-state index contributed by atoms with van der Waals surface area (Å²) in [6.45, 7) is 3.51. The molecule has 0 spiro atoms. The third-order valence-corrected chi connectivity index (χ3v) is 4.09. The van der Waals surface area contributed by atoms with Gasteiger partial charge in [-0.2, -0.15) is 0 Å². The van der Waals surface area contributed by atoms with E-state index in [1.165, 1.54) is 0 Å². The summed E-state index contributed by atoms with van der Waals surface area (Å²) in [6, 6.07) is 5.66. The van der Waals surface area contributed by atoms with Crippen LogP contribution in [0.4, 0.5) is 11.6 Å². The summed E-state index contributed by atoms with van der Waals surface area (Å²) < 4.78 is 0. The molecule has 3 rings (SSSR count). The molecule has 1 fully saturated rings. The Labute approximate surface area is 136 Å². The molecule has 1 aliphatic heterocycles. The van der Waals surface area contributed by atoms with Gasteiger partial charge in [0.05, 0.1) is 18.1 Å². The van der Waals surface area contributed by atoms with Crippen LogP contribution < -0.4 is 5.32 Å². The van der Waals surface area contributed by atoms with Gasteiger partial charge in [0.15, 0.2) is 0 Å². The topological polar surface area (TPSA) is 71.0 Å². The quantitative estimate of drug-likeness (QED) is 0.940. The van der Waals surface area contributed by atoms with Crippen LogP contribution in [0.1, 0.15) is 37.8 Å². The van der Waals surface area contributed by atoms with Crippen molar-refractivity contribution in [3.63, 3.8) is 0 Å². The standard InChI is InChI=1S/C17H21N5O/c1-2-17(23)22-9-5-6-13(12-22)14-10-20-16(11-19-14)21-15-7-3-4-8-18-15/h3-4,7-8,10-11,13H,2,5-6,9,12H2,1H3,(H,18,20,21)/t13-/m1/s1. The first-order valence-electron chi connectivity index (χ1n) is 8.04. The van der Waals surface area contributed by atoms with E-state index in [0.717, 1.165) is 37.4 Å². The Bertz CT molecular complexity index is 644. The van der Waals surface area contributed by atoms with Gasteiger partial charge in [-0.25, -0.2) is 9.97 Å². The number of aromatic nitrogens is 3. The van der Waals surface area contributed by atoms with Crippen LogP contribution in [0.5, 0.6) is 0 Å². The largest absolute Gasteiger partial charge is 0.342 e. The van der Waals surface area contributed by atoms with Crippen LogP contribution >= 0.6 is 0 Å². The Kier molecular flexibility index (Phi) is 4.80. The summed E-state index contributed by atoms with van der Waals surface area (Å²) in [4.78, 5) is 27.0. The third-order valence-electron chi connectivity index (χ3n) is 4.09. The number of amides is 1. The van der Waals surface area contributed by atoms with Gasteiger partial charge < -0.3 is 10.2 Å². The lowest BCUT2D eigenvalue weighted by Crippen LogP contribution is -2.38. The molecule has 23 heavy (non-hydrogen) atoms. The number of nitrogens with one attached hydrogen (secondary N) is 1. The fourth-order valence-electron chi connectivity index (χ4n) is 2.85. The number of hydrogen-bond acceptors (Lipinski definition) is 5.